The fourth-order valence-corrected chi connectivity index (χ4v) is 2.44. The molecular formula is C12H17N3OS. The normalized spacial score (nSPS) is 19.6. The number of hydrogen-bond acceptors (Lipinski definition) is 4. The molecule has 1 aliphatic heterocycles. The van der Waals surface area contributed by atoms with Gasteiger partial charge in [-0.1, -0.05) is 12.2 Å². The van der Waals surface area contributed by atoms with Crippen LogP contribution >= 0.6 is 12.2 Å². The van der Waals surface area contributed by atoms with Crippen LogP contribution in [0.4, 0.5) is 5.69 Å². The van der Waals surface area contributed by atoms with Crippen LogP contribution in [0, 0.1) is 5.92 Å². The summed E-state index contributed by atoms with van der Waals surface area (Å²) in [4.78, 5) is 6.87. The summed E-state index contributed by atoms with van der Waals surface area (Å²) >= 11 is 5.06. The molecular weight excluding hydrogens is 234 g/mol. The molecule has 0 radical (unpaired) electrons. The molecule has 0 saturated carbocycles. The molecule has 1 saturated heterocycles. The van der Waals surface area contributed by atoms with Gasteiger partial charge < -0.3 is 15.4 Å². The number of ether oxygens (including phenoxy) is 1. The van der Waals surface area contributed by atoms with Crippen molar-refractivity contribution in [3.05, 3.63) is 24.0 Å². The second kappa shape index (κ2) is 5.42. The van der Waals surface area contributed by atoms with E-state index in [2.05, 4.69) is 9.88 Å². The number of hydrogen-bond donors (Lipinski definition) is 1. The van der Waals surface area contributed by atoms with Crippen molar-refractivity contribution in [1.29, 1.82) is 0 Å². The first-order valence-corrected chi connectivity index (χ1v) is 6.11. The fraction of sp³-hybridized carbons (Fsp3) is 0.500. The van der Waals surface area contributed by atoms with E-state index in [0.717, 1.165) is 37.4 Å². The lowest BCUT2D eigenvalue weighted by Gasteiger charge is -2.21. The zero-order valence-corrected chi connectivity index (χ0v) is 10.7. The number of nitrogens with two attached hydrogens (primary N) is 1. The number of pyridine rings is 1. The van der Waals surface area contributed by atoms with E-state index >= 15 is 0 Å². The van der Waals surface area contributed by atoms with Crippen molar-refractivity contribution in [1.82, 2.24) is 4.98 Å². The van der Waals surface area contributed by atoms with E-state index in [0.29, 0.717) is 10.9 Å². The maximum absolute atomic E-state index is 5.73. The van der Waals surface area contributed by atoms with Crippen molar-refractivity contribution in [2.45, 2.75) is 6.42 Å². The van der Waals surface area contributed by atoms with Crippen LogP contribution in [0.25, 0.3) is 0 Å². The number of aromatic nitrogens is 1. The van der Waals surface area contributed by atoms with Crippen molar-refractivity contribution >= 4 is 22.9 Å². The predicted octanol–water partition coefficient (Wildman–Crippen LogP) is 1.19. The zero-order valence-electron chi connectivity index (χ0n) is 9.93. The minimum Gasteiger partial charge on any atom is -0.389 e. The summed E-state index contributed by atoms with van der Waals surface area (Å²) in [5, 5.41) is 0. The molecule has 2 rings (SSSR count). The lowest BCUT2D eigenvalue weighted by Crippen LogP contribution is -2.24. The van der Waals surface area contributed by atoms with Crippen LogP contribution in [0.15, 0.2) is 18.5 Å². The Labute approximate surface area is 107 Å². The molecule has 2 heterocycles. The predicted molar refractivity (Wildman–Crippen MR) is 72.3 cm³/mol. The summed E-state index contributed by atoms with van der Waals surface area (Å²) in [5.41, 5.74) is 7.68. The van der Waals surface area contributed by atoms with Crippen molar-refractivity contribution in [3.63, 3.8) is 0 Å². The van der Waals surface area contributed by atoms with E-state index in [1.807, 2.05) is 12.3 Å². The van der Waals surface area contributed by atoms with Crippen LogP contribution in [0.1, 0.15) is 12.0 Å². The number of thiocarbonyl (C=S) groups is 1. The Kier molecular flexibility index (Phi) is 3.91. The highest BCUT2D eigenvalue weighted by Gasteiger charge is 2.24. The minimum atomic E-state index is 0.428. The first-order chi connectivity index (χ1) is 8.22. The number of anilines is 1. The molecule has 92 valence electrons. The topological polar surface area (TPSA) is 51.4 Å². The highest BCUT2D eigenvalue weighted by Crippen LogP contribution is 2.26. The molecule has 1 aromatic heterocycles. The number of rotatable bonds is 4. The van der Waals surface area contributed by atoms with Crippen LogP contribution in [0.2, 0.25) is 0 Å². The summed E-state index contributed by atoms with van der Waals surface area (Å²) in [7, 11) is 1.74. The van der Waals surface area contributed by atoms with E-state index in [-0.39, 0.29) is 0 Å². The molecule has 0 aromatic carbocycles. The molecule has 0 amide bonds. The maximum atomic E-state index is 5.73. The molecule has 4 nitrogen and oxygen atoms in total. The molecule has 0 spiro atoms. The Morgan fingerprint density at radius 3 is 3.24 bits per heavy atom. The van der Waals surface area contributed by atoms with Gasteiger partial charge in [-0.25, -0.2) is 0 Å². The average Bonchev–Trinajstić information content (AvgIpc) is 2.78. The quantitative estimate of drug-likeness (QED) is 0.815. The molecule has 17 heavy (non-hydrogen) atoms. The summed E-state index contributed by atoms with van der Waals surface area (Å²) in [6.07, 6.45) is 4.70. The molecule has 1 aromatic rings. The van der Waals surface area contributed by atoms with Crippen LogP contribution in [-0.2, 0) is 4.74 Å². The Balaban J connectivity index is 2.16. The Bertz CT molecular complexity index is 410. The summed E-state index contributed by atoms with van der Waals surface area (Å²) < 4.78 is 5.19. The third kappa shape index (κ3) is 2.73. The smallest absolute Gasteiger partial charge is 0.106 e. The van der Waals surface area contributed by atoms with Crippen LogP contribution in [-0.4, -0.2) is 36.8 Å². The van der Waals surface area contributed by atoms with Crippen LogP contribution in [0.5, 0.6) is 0 Å². The molecule has 1 unspecified atom stereocenters. The molecule has 1 atom stereocenters. The Morgan fingerprint density at radius 1 is 1.71 bits per heavy atom. The van der Waals surface area contributed by atoms with Crippen LogP contribution in [0.3, 0.4) is 0 Å². The summed E-state index contributed by atoms with van der Waals surface area (Å²) in [5.74, 6) is 0.583. The fourth-order valence-electron chi connectivity index (χ4n) is 2.27. The number of methoxy groups -OCH3 is 1. The van der Waals surface area contributed by atoms with Crippen molar-refractivity contribution in [3.8, 4) is 0 Å². The highest BCUT2D eigenvalue weighted by atomic mass is 32.1. The second-order valence-electron chi connectivity index (χ2n) is 4.31. The summed E-state index contributed by atoms with van der Waals surface area (Å²) in [6, 6.07) is 1.88. The lowest BCUT2D eigenvalue weighted by molar-refractivity contribution is 0.161. The van der Waals surface area contributed by atoms with Crippen molar-refractivity contribution < 1.29 is 4.74 Å². The molecule has 2 N–H and O–H groups in total. The Morgan fingerprint density at radius 2 is 2.53 bits per heavy atom. The minimum absolute atomic E-state index is 0.428. The van der Waals surface area contributed by atoms with Gasteiger partial charge in [-0.15, -0.1) is 0 Å². The van der Waals surface area contributed by atoms with Crippen molar-refractivity contribution in [2.24, 2.45) is 11.7 Å². The maximum Gasteiger partial charge on any atom is 0.106 e. The third-order valence-electron chi connectivity index (χ3n) is 3.09. The zero-order chi connectivity index (χ0) is 12.3. The van der Waals surface area contributed by atoms with E-state index in [9.17, 15) is 0 Å². The van der Waals surface area contributed by atoms with Gasteiger partial charge in [-0.2, -0.15) is 0 Å². The first-order valence-electron chi connectivity index (χ1n) is 5.70. The van der Waals surface area contributed by atoms with Gasteiger partial charge in [0.15, 0.2) is 0 Å². The van der Waals surface area contributed by atoms with Crippen LogP contribution < -0.4 is 10.6 Å². The summed E-state index contributed by atoms with van der Waals surface area (Å²) in [6.45, 7) is 2.80. The van der Waals surface area contributed by atoms with Crippen molar-refractivity contribution in [2.75, 3.05) is 31.7 Å². The molecule has 1 aliphatic rings. The standard InChI is InChI=1S/C12H17N3OS/c1-16-8-9-3-5-15(7-9)11-6-14-4-2-10(11)12(13)17/h2,4,6,9H,3,5,7-8H2,1H3,(H2,13,17). The van der Waals surface area contributed by atoms with E-state index in [4.69, 9.17) is 22.7 Å². The largest absolute Gasteiger partial charge is 0.389 e. The lowest BCUT2D eigenvalue weighted by atomic mass is 10.1. The SMILES string of the molecule is COCC1CCN(c2cnccc2C(N)=S)C1. The van der Waals surface area contributed by atoms with Gasteiger partial charge >= 0.3 is 0 Å². The van der Waals surface area contributed by atoms with E-state index < -0.39 is 0 Å². The monoisotopic (exact) mass is 251 g/mol. The molecule has 0 bridgehead atoms. The van der Waals surface area contributed by atoms with Gasteiger partial charge in [0, 0.05) is 37.9 Å². The van der Waals surface area contributed by atoms with E-state index in [1.54, 1.807) is 13.3 Å². The molecule has 1 fully saturated rings. The van der Waals surface area contributed by atoms with Gasteiger partial charge in [0.05, 0.1) is 18.5 Å². The molecule has 5 heteroatoms. The average molecular weight is 251 g/mol. The van der Waals surface area contributed by atoms with Gasteiger partial charge in [0.25, 0.3) is 0 Å². The van der Waals surface area contributed by atoms with Gasteiger partial charge in [-0.05, 0) is 12.5 Å². The Hall–Kier alpha value is -1.20. The van der Waals surface area contributed by atoms with Gasteiger partial charge in [0.1, 0.15) is 4.99 Å². The van der Waals surface area contributed by atoms with Gasteiger partial charge in [0.2, 0.25) is 0 Å². The second-order valence-corrected chi connectivity index (χ2v) is 4.75. The third-order valence-corrected chi connectivity index (χ3v) is 3.31. The molecule has 0 aliphatic carbocycles. The van der Waals surface area contributed by atoms with E-state index in [1.165, 1.54) is 0 Å². The number of nitrogens with zero attached hydrogens (tertiary/aromatic N) is 2. The van der Waals surface area contributed by atoms with Gasteiger partial charge in [-0.3, -0.25) is 4.98 Å². The highest BCUT2D eigenvalue weighted by molar-refractivity contribution is 7.80. The first kappa shape index (κ1) is 12.3.